The van der Waals surface area contributed by atoms with E-state index in [1.807, 2.05) is 0 Å². The van der Waals surface area contributed by atoms with Crippen LogP contribution in [0.3, 0.4) is 0 Å². The van der Waals surface area contributed by atoms with Gasteiger partial charge in [0.15, 0.2) is 11.6 Å². The van der Waals surface area contributed by atoms with Crippen molar-refractivity contribution >= 4 is 139 Å². The van der Waals surface area contributed by atoms with E-state index in [2.05, 4.69) is 41.7 Å². The average molecular weight is 957 g/mol. The number of hydrogen-bond acceptors (Lipinski definition) is 10. The SMILES string of the molecule is CC(=O)C(N=Nc1cc(Cl)cc(C(=O)Nc2ccc(CCl)cc2)c1)C(=O)Nc1cc(Cl)c(NC(=O)C(N=Nc2cc(Cl)cc(C(=O)Nc3ccc(CCl)cc3)c2)C(C)=O)cc1Cl. The fraction of sp³-hybridized carbons (Fsp3) is 0.143. The highest BCUT2D eigenvalue weighted by Gasteiger charge is 2.27. The van der Waals surface area contributed by atoms with E-state index >= 15 is 0 Å². The summed E-state index contributed by atoms with van der Waals surface area (Å²) in [5.74, 6) is -3.62. The zero-order chi connectivity index (χ0) is 45.1. The molecule has 0 bridgehead atoms. The van der Waals surface area contributed by atoms with Crippen molar-refractivity contribution in [2.45, 2.75) is 37.7 Å². The second-order valence-electron chi connectivity index (χ2n) is 13.2. The Morgan fingerprint density at radius 2 is 0.855 bits per heavy atom. The molecule has 0 saturated heterocycles. The highest BCUT2D eigenvalue weighted by atomic mass is 35.5. The third-order valence-electron chi connectivity index (χ3n) is 8.44. The second-order valence-corrected chi connectivity index (χ2v) is 15.4. The van der Waals surface area contributed by atoms with Gasteiger partial charge in [-0.05, 0) is 97.8 Å². The number of halogens is 6. The molecule has 4 N–H and O–H groups in total. The number of anilines is 4. The maximum atomic E-state index is 13.3. The maximum Gasteiger partial charge on any atom is 0.258 e. The van der Waals surface area contributed by atoms with Crippen molar-refractivity contribution in [3.63, 3.8) is 0 Å². The fourth-order valence-corrected chi connectivity index (χ4v) is 6.55. The van der Waals surface area contributed by atoms with Crippen molar-refractivity contribution in [3.8, 4) is 0 Å². The molecule has 0 aliphatic heterocycles. The second kappa shape index (κ2) is 21.9. The highest BCUT2D eigenvalue weighted by Crippen LogP contribution is 2.34. The summed E-state index contributed by atoms with van der Waals surface area (Å²) in [5.41, 5.74) is 3.06. The number of nitrogens with one attached hydrogen (secondary N) is 4. The van der Waals surface area contributed by atoms with Crippen molar-refractivity contribution in [1.29, 1.82) is 0 Å². The van der Waals surface area contributed by atoms with E-state index in [1.54, 1.807) is 48.5 Å². The van der Waals surface area contributed by atoms with Crippen molar-refractivity contribution in [3.05, 3.63) is 139 Å². The van der Waals surface area contributed by atoms with Crippen LogP contribution in [0.5, 0.6) is 0 Å². The van der Waals surface area contributed by atoms with Crippen LogP contribution in [-0.2, 0) is 30.9 Å². The summed E-state index contributed by atoms with van der Waals surface area (Å²) >= 11 is 37.0. The van der Waals surface area contributed by atoms with Gasteiger partial charge in [-0.15, -0.1) is 23.2 Å². The quantitative estimate of drug-likeness (QED) is 0.0431. The molecule has 0 heterocycles. The molecule has 4 amide bonds. The van der Waals surface area contributed by atoms with E-state index in [0.29, 0.717) is 23.1 Å². The number of amides is 4. The minimum absolute atomic E-state index is 0.0576. The molecular formula is C42H32Cl6N8O6. The van der Waals surface area contributed by atoms with Gasteiger partial charge in [-0.25, -0.2) is 0 Å². The molecule has 5 aromatic rings. The Labute approximate surface area is 384 Å². The van der Waals surface area contributed by atoms with Crippen LogP contribution in [0.1, 0.15) is 45.7 Å². The number of carbonyl (C=O) groups excluding carboxylic acids is 6. The topological polar surface area (TPSA) is 200 Å². The zero-order valence-electron chi connectivity index (χ0n) is 32.3. The number of ketones is 2. The largest absolute Gasteiger partial charge is 0.322 e. The van der Waals surface area contributed by atoms with Crippen molar-refractivity contribution in [2.24, 2.45) is 20.5 Å². The van der Waals surface area contributed by atoms with Gasteiger partial charge in [0.25, 0.3) is 23.6 Å². The third-order valence-corrected chi connectivity index (χ3v) is 10.1. The predicted molar refractivity (Wildman–Crippen MR) is 242 cm³/mol. The average Bonchev–Trinajstić information content (AvgIpc) is 3.22. The first-order valence-electron chi connectivity index (χ1n) is 18.0. The first-order chi connectivity index (χ1) is 29.5. The summed E-state index contributed by atoms with van der Waals surface area (Å²) in [6.45, 7) is 2.25. The number of Topliss-reactive ketones (excluding diaryl/α,β-unsaturated/α-hetero) is 2. The lowest BCUT2D eigenvalue weighted by Crippen LogP contribution is -2.32. The Morgan fingerprint density at radius 3 is 1.18 bits per heavy atom. The molecule has 5 aromatic carbocycles. The summed E-state index contributed by atoms with van der Waals surface area (Å²) in [5, 5.41) is 26.2. The molecule has 2 atom stereocenters. The minimum Gasteiger partial charge on any atom is -0.322 e. The summed E-state index contributed by atoms with van der Waals surface area (Å²) in [6, 6.07) is 21.2. The maximum absolute atomic E-state index is 13.3. The van der Waals surface area contributed by atoms with Crippen molar-refractivity contribution < 1.29 is 28.8 Å². The number of hydrogen-bond donors (Lipinski definition) is 4. The third kappa shape index (κ3) is 13.1. The van der Waals surface area contributed by atoms with Gasteiger partial charge in [-0.3, -0.25) is 28.8 Å². The highest BCUT2D eigenvalue weighted by molar-refractivity contribution is 6.38. The molecule has 0 aliphatic rings. The van der Waals surface area contributed by atoms with Crippen LogP contribution in [0.25, 0.3) is 0 Å². The van der Waals surface area contributed by atoms with Crippen LogP contribution in [0, 0.1) is 0 Å². The molecule has 0 spiro atoms. The number of azo groups is 2. The lowest BCUT2D eigenvalue weighted by molar-refractivity contribution is -0.127. The van der Waals surface area contributed by atoms with E-state index in [1.165, 1.54) is 48.5 Å². The molecule has 0 radical (unpaired) electrons. The Morgan fingerprint density at radius 1 is 0.500 bits per heavy atom. The molecule has 62 heavy (non-hydrogen) atoms. The van der Waals surface area contributed by atoms with Gasteiger partial charge in [0, 0.05) is 44.3 Å². The summed E-state index contributed by atoms with van der Waals surface area (Å²) in [6.07, 6.45) is 0. The van der Waals surface area contributed by atoms with Gasteiger partial charge in [0.2, 0.25) is 12.1 Å². The van der Waals surface area contributed by atoms with Crippen molar-refractivity contribution in [1.82, 2.24) is 0 Å². The normalized spacial score (nSPS) is 12.1. The van der Waals surface area contributed by atoms with E-state index in [9.17, 15) is 28.8 Å². The monoisotopic (exact) mass is 954 g/mol. The number of carbonyl (C=O) groups is 6. The van der Waals surface area contributed by atoms with E-state index in [0.717, 1.165) is 25.0 Å². The number of rotatable bonds is 16. The molecule has 0 aliphatic carbocycles. The number of alkyl halides is 2. The standard InChI is InChI=1S/C42H32Cl6N8O6/c1-21(57)37(55-53-31-13-25(11-27(45)15-31)39(59)49-29-7-3-23(19-43)4-8-29)41(61)51-35-17-34(48)36(18-33(35)47)52-42(62)38(22(2)58)56-54-32-14-26(12-28(46)16-32)40(60)50-30-9-5-24(20-44)6-10-30/h3-18,37-38H,19-20H2,1-2H3,(H,49,59)(H,50,60)(H,51,61)(H,52,62). The Bertz CT molecular complexity index is 2430. The molecule has 0 aromatic heterocycles. The lowest BCUT2D eigenvalue weighted by atomic mass is 10.1. The summed E-state index contributed by atoms with van der Waals surface area (Å²) < 4.78 is 0. The van der Waals surface area contributed by atoms with Crippen LogP contribution in [0.15, 0.2) is 118 Å². The Hall–Kier alpha value is -5.74. The van der Waals surface area contributed by atoms with Crippen LogP contribution in [0.2, 0.25) is 20.1 Å². The Kier molecular flexibility index (Phi) is 16.7. The number of nitrogens with zero attached hydrogens (tertiary/aromatic N) is 4. The van der Waals surface area contributed by atoms with Gasteiger partial charge in [-0.1, -0.05) is 70.7 Å². The first-order valence-corrected chi connectivity index (χ1v) is 20.6. The first kappa shape index (κ1) is 47.3. The molecule has 20 heteroatoms. The van der Waals surface area contributed by atoms with Crippen molar-refractivity contribution in [2.75, 3.05) is 21.3 Å². The molecule has 0 fully saturated rings. The number of benzene rings is 5. The molecule has 2 unspecified atom stereocenters. The Balaban J connectivity index is 1.25. The van der Waals surface area contributed by atoms with Gasteiger partial charge in [-0.2, -0.15) is 20.5 Å². The lowest BCUT2D eigenvalue weighted by Gasteiger charge is -2.15. The van der Waals surface area contributed by atoms with Gasteiger partial charge < -0.3 is 21.3 Å². The van der Waals surface area contributed by atoms with E-state index < -0.39 is 47.3 Å². The molecule has 0 saturated carbocycles. The fourth-order valence-electron chi connectivity index (χ4n) is 5.31. The summed E-state index contributed by atoms with van der Waals surface area (Å²) in [4.78, 5) is 77.5. The van der Waals surface area contributed by atoms with Gasteiger partial charge >= 0.3 is 0 Å². The van der Waals surface area contributed by atoms with Crippen LogP contribution in [-0.4, -0.2) is 47.3 Å². The van der Waals surface area contributed by atoms with Crippen LogP contribution in [0.4, 0.5) is 34.1 Å². The van der Waals surface area contributed by atoms with E-state index in [4.69, 9.17) is 69.6 Å². The molecule has 5 rings (SSSR count). The molecular weight excluding hydrogens is 925 g/mol. The molecule has 318 valence electrons. The van der Waals surface area contributed by atoms with Crippen LogP contribution >= 0.6 is 69.6 Å². The predicted octanol–water partition coefficient (Wildman–Crippen LogP) is 11.6. The van der Waals surface area contributed by atoms with Crippen LogP contribution < -0.4 is 21.3 Å². The van der Waals surface area contributed by atoms with Gasteiger partial charge in [0.1, 0.15) is 0 Å². The van der Waals surface area contributed by atoms with Gasteiger partial charge in [0.05, 0.1) is 32.8 Å². The smallest absolute Gasteiger partial charge is 0.258 e. The zero-order valence-corrected chi connectivity index (χ0v) is 36.8. The molecule has 14 nitrogen and oxygen atoms in total. The summed E-state index contributed by atoms with van der Waals surface area (Å²) in [7, 11) is 0. The van der Waals surface area contributed by atoms with E-state index in [-0.39, 0.29) is 54.0 Å². The minimum atomic E-state index is -1.67.